The second-order valence-corrected chi connectivity index (χ2v) is 13.6. The van der Waals surface area contributed by atoms with E-state index in [1.807, 2.05) is 57.2 Å². The van der Waals surface area contributed by atoms with Crippen molar-refractivity contribution in [1.29, 1.82) is 0 Å². The minimum Gasteiger partial charge on any atom is -0.354 e. The summed E-state index contributed by atoms with van der Waals surface area (Å²) in [6, 6.07) is 21.0. The van der Waals surface area contributed by atoms with Gasteiger partial charge in [0.2, 0.25) is 21.8 Å². The molecule has 1 atom stereocenters. The summed E-state index contributed by atoms with van der Waals surface area (Å²) in [5.74, 6) is -0.358. The molecule has 226 valence electrons. The lowest BCUT2D eigenvalue weighted by Crippen LogP contribution is -2.51. The number of amides is 2. The van der Waals surface area contributed by atoms with Crippen molar-refractivity contribution < 1.29 is 18.0 Å². The highest BCUT2D eigenvalue weighted by Gasteiger charge is 2.31. The number of carbonyl (C=O) groups is 2. The molecule has 0 spiro atoms. The molecule has 2 amide bonds. The third kappa shape index (κ3) is 9.75. The molecule has 3 aromatic carbocycles. The van der Waals surface area contributed by atoms with E-state index < -0.39 is 16.1 Å². The Kier molecular flexibility index (Phi) is 12.3. The molecule has 0 bridgehead atoms. The van der Waals surface area contributed by atoms with E-state index in [1.54, 1.807) is 36.4 Å². The number of halogens is 2. The van der Waals surface area contributed by atoms with Crippen LogP contribution in [0.1, 0.15) is 43.4 Å². The van der Waals surface area contributed by atoms with Gasteiger partial charge in [-0.15, -0.1) is 0 Å². The van der Waals surface area contributed by atoms with E-state index in [1.165, 1.54) is 9.21 Å². The van der Waals surface area contributed by atoms with Crippen molar-refractivity contribution in [2.75, 3.05) is 23.7 Å². The third-order valence-corrected chi connectivity index (χ3v) is 8.69. The number of sulfonamides is 1. The summed E-state index contributed by atoms with van der Waals surface area (Å²) >= 11 is 13.0. The predicted octanol–water partition coefficient (Wildman–Crippen LogP) is 6.26. The van der Waals surface area contributed by atoms with E-state index in [4.69, 9.17) is 23.2 Å². The van der Waals surface area contributed by atoms with Gasteiger partial charge < -0.3 is 10.2 Å². The fourth-order valence-electron chi connectivity index (χ4n) is 4.62. The Morgan fingerprint density at radius 2 is 1.57 bits per heavy atom. The van der Waals surface area contributed by atoms with E-state index in [-0.39, 0.29) is 50.1 Å². The first kappa shape index (κ1) is 33.4. The highest BCUT2D eigenvalue weighted by atomic mass is 35.5. The SMILES string of the molecule is Cc1cccc(N(CCCC(=O)N(Cc2c(Cl)cccc2Cl)C(Cc2ccccc2)C(=O)NCC(C)C)S(C)(=O)=O)c1. The van der Waals surface area contributed by atoms with Crippen LogP contribution in [0.15, 0.2) is 72.8 Å². The molecule has 10 heteroatoms. The zero-order valence-corrected chi connectivity index (χ0v) is 26.8. The van der Waals surface area contributed by atoms with Crippen LogP contribution in [0.25, 0.3) is 0 Å². The number of aryl methyl sites for hydroxylation is 1. The summed E-state index contributed by atoms with van der Waals surface area (Å²) in [5.41, 5.74) is 2.91. The Morgan fingerprint density at radius 3 is 2.17 bits per heavy atom. The number of benzene rings is 3. The van der Waals surface area contributed by atoms with Crippen molar-refractivity contribution in [1.82, 2.24) is 10.2 Å². The van der Waals surface area contributed by atoms with Crippen molar-refractivity contribution in [3.63, 3.8) is 0 Å². The van der Waals surface area contributed by atoms with Gasteiger partial charge in [-0.25, -0.2) is 8.42 Å². The van der Waals surface area contributed by atoms with Crippen LogP contribution in [0.5, 0.6) is 0 Å². The normalized spacial score (nSPS) is 12.2. The maximum atomic E-state index is 14.0. The fourth-order valence-corrected chi connectivity index (χ4v) is 6.09. The van der Waals surface area contributed by atoms with Crippen LogP contribution < -0.4 is 9.62 Å². The Hall–Kier alpha value is -3.07. The highest BCUT2D eigenvalue weighted by Crippen LogP contribution is 2.28. The Balaban J connectivity index is 1.92. The number of anilines is 1. The summed E-state index contributed by atoms with van der Waals surface area (Å²) in [5, 5.41) is 3.77. The number of rotatable bonds is 14. The minimum atomic E-state index is -3.59. The molecular formula is C32H39Cl2N3O4S. The molecule has 3 aromatic rings. The number of nitrogens with one attached hydrogen (secondary N) is 1. The first-order chi connectivity index (χ1) is 19.9. The first-order valence-electron chi connectivity index (χ1n) is 13.9. The van der Waals surface area contributed by atoms with Crippen molar-refractivity contribution >= 4 is 50.7 Å². The van der Waals surface area contributed by atoms with Gasteiger partial charge >= 0.3 is 0 Å². The molecule has 0 saturated carbocycles. The lowest BCUT2D eigenvalue weighted by molar-refractivity contribution is -0.141. The van der Waals surface area contributed by atoms with Crippen LogP contribution in [0.2, 0.25) is 10.0 Å². The highest BCUT2D eigenvalue weighted by molar-refractivity contribution is 7.92. The van der Waals surface area contributed by atoms with Gasteiger partial charge in [0.15, 0.2) is 0 Å². The number of hydrogen-bond donors (Lipinski definition) is 1. The number of nitrogens with zero attached hydrogens (tertiary/aromatic N) is 2. The molecule has 0 aliphatic rings. The summed E-state index contributed by atoms with van der Waals surface area (Å²) < 4.78 is 26.6. The Bertz CT molecular complexity index is 1450. The van der Waals surface area contributed by atoms with Crippen LogP contribution in [-0.2, 0) is 32.6 Å². The fraction of sp³-hybridized carbons (Fsp3) is 0.375. The molecule has 0 aromatic heterocycles. The van der Waals surface area contributed by atoms with Crippen LogP contribution in [0, 0.1) is 12.8 Å². The van der Waals surface area contributed by atoms with Gasteiger partial charge in [0.25, 0.3) is 0 Å². The largest absolute Gasteiger partial charge is 0.354 e. The summed E-state index contributed by atoms with van der Waals surface area (Å²) in [6.45, 7) is 6.48. The van der Waals surface area contributed by atoms with Gasteiger partial charge in [0, 0.05) is 48.1 Å². The summed E-state index contributed by atoms with van der Waals surface area (Å²) in [4.78, 5) is 29.1. The lowest BCUT2D eigenvalue weighted by Gasteiger charge is -2.32. The zero-order chi connectivity index (χ0) is 30.9. The molecule has 0 radical (unpaired) electrons. The quantitative estimate of drug-likeness (QED) is 0.227. The van der Waals surface area contributed by atoms with Gasteiger partial charge in [-0.2, -0.15) is 0 Å². The van der Waals surface area contributed by atoms with Crippen molar-refractivity contribution in [2.24, 2.45) is 5.92 Å². The molecule has 0 saturated heterocycles. The van der Waals surface area contributed by atoms with Gasteiger partial charge in [0.1, 0.15) is 6.04 Å². The van der Waals surface area contributed by atoms with Crippen LogP contribution in [0.3, 0.4) is 0 Å². The van der Waals surface area contributed by atoms with Gasteiger partial charge in [-0.1, -0.05) is 85.6 Å². The molecular weight excluding hydrogens is 593 g/mol. The van der Waals surface area contributed by atoms with Crippen LogP contribution in [-0.4, -0.2) is 50.5 Å². The Labute approximate surface area is 259 Å². The average molecular weight is 633 g/mol. The Morgan fingerprint density at radius 1 is 0.929 bits per heavy atom. The van der Waals surface area contributed by atoms with E-state index in [0.29, 0.717) is 27.8 Å². The maximum Gasteiger partial charge on any atom is 0.243 e. The third-order valence-electron chi connectivity index (χ3n) is 6.79. The van der Waals surface area contributed by atoms with Gasteiger partial charge in [-0.05, 0) is 54.7 Å². The van der Waals surface area contributed by atoms with E-state index in [2.05, 4.69) is 5.32 Å². The zero-order valence-electron chi connectivity index (χ0n) is 24.5. The summed E-state index contributed by atoms with van der Waals surface area (Å²) in [7, 11) is -3.59. The second-order valence-electron chi connectivity index (χ2n) is 10.8. The van der Waals surface area contributed by atoms with Gasteiger partial charge in [0.05, 0.1) is 11.9 Å². The summed E-state index contributed by atoms with van der Waals surface area (Å²) in [6.07, 6.45) is 1.70. The molecule has 42 heavy (non-hydrogen) atoms. The van der Waals surface area contributed by atoms with Crippen LogP contribution in [0.4, 0.5) is 5.69 Å². The van der Waals surface area contributed by atoms with E-state index in [0.717, 1.165) is 17.4 Å². The molecule has 0 heterocycles. The average Bonchev–Trinajstić information content (AvgIpc) is 2.92. The van der Waals surface area contributed by atoms with Gasteiger partial charge in [-0.3, -0.25) is 13.9 Å². The molecule has 7 nitrogen and oxygen atoms in total. The maximum absolute atomic E-state index is 14.0. The molecule has 1 N–H and O–H groups in total. The van der Waals surface area contributed by atoms with Crippen molar-refractivity contribution in [3.05, 3.63) is 99.5 Å². The number of hydrogen-bond acceptors (Lipinski definition) is 4. The molecule has 3 rings (SSSR count). The van der Waals surface area contributed by atoms with Crippen LogP contribution >= 0.6 is 23.2 Å². The van der Waals surface area contributed by atoms with Crippen molar-refractivity contribution in [2.45, 2.75) is 52.6 Å². The lowest BCUT2D eigenvalue weighted by atomic mass is 10.0. The molecule has 0 aliphatic carbocycles. The minimum absolute atomic E-state index is 0.0165. The monoisotopic (exact) mass is 631 g/mol. The molecule has 1 unspecified atom stereocenters. The molecule has 0 fully saturated rings. The molecule has 0 aliphatic heterocycles. The number of carbonyl (C=O) groups excluding carboxylic acids is 2. The standard InChI is InChI=1S/C32H39Cl2N3O4S/c1-23(2)21-35-32(39)30(20-25-12-6-5-7-13-25)36(22-27-28(33)15-9-16-29(27)34)31(38)17-10-18-37(42(4,40)41)26-14-8-11-24(3)19-26/h5-9,11-16,19,23,30H,10,17-18,20-22H2,1-4H3,(H,35,39). The smallest absolute Gasteiger partial charge is 0.243 e. The van der Waals surface area contributed by atoms with E-state index >= 15 is 0 Å². The first-order valence-corrected chi connectivity index (χ1v) is 16.6. The predicted molar refractivity (Wildman–Crippen MR) is 171 cm³/mol. The van der Waals surface area contributed by atoms with Crippen molar-refractivity contribution in [3.8, 4) is 0 Å². The second kappa shape index (κ2) is 15.4. The van der Waals surface area contributed by atoms with E-state index in [9.17, 15) is 18.0 Å². The topological polar surface area (TPSA) is 86.8 Å².